The predicted octanol–water partition coefficient (Wildman–Crippen LogP) is 7.61. The SMILES string of the molecule is C#CCN(CC(=O)OCCC(F)(F)C(F)(F)C(F)(F)C(F)(F)C(F)(F)C(F)(F)C(F)(F)C(F)(F)F)C(=O)c1cccc(N2C(=O)N[C@@H](CCCCN=[N+]=[N-])C2=O)c1. The molecule has 0 aromatic heterocycles. The Kier molecular flexibility index (Phi) is 14.1. The molecule has 1 fully saturated rings. The Bertz CT molecular complexity index is 1780. The van der Waals surface area contributed by atoms with Gasteiger partial charge < -0.3 is 15.0 Å². The van der Waals surface area contributed by atoms with Crippen molar-refractivity contribution >= 4 is 29.5 Å². The van der Waals surface area contributed by atoms with Crippen molar-refractivity contribution in [2.45, 2.75) is 79.4 Å². The van der Waals surface area contributed by atoms with Crippen LogP contribution in [0.3, 0.4) is 0 Å². The summed E-state index contributed by atoms with van der Waals surface area (Å²) in [5, 5.41) is 5.69. The summed E-state index contributed by atoms with van der Waals surface area (Å²) in [6.45, 7) is -4.39. The molecule has 0 unspecified atom stereocenters. The second kappa shape index (κ2) is 16.7. The molecule has 1 atom stereocenters. The van der Waals surface area contributed by atoms with Gasteiger partial charge in [0, 0.05) is 17.0 Å². The van der Waals surface area contributed by atoms with Crippen LogP contribution in [0, 0.1) is 12.3 Å². The van der Waals surface area contributed by atoms with E-state index in [0.717, 1.165) is 18.2 Å². The largest absolute Gasteiger partial charge is 0.464 e. The quantitative estimate of drug-likeness (QED) is 0.0223. The number of urea groups is 1. The fraction of sp³-hybridized carbons (Fsp3) is 0.586. The van der Waals surface area contributed by atoms with E-state index in [0.29, 0.717) is 22.6 Å². The van der Waals surface area contributed by atoms with Crippen LogP contribution in [0.15, 0.2) is 29.4 Å². The number of carbonyl (C=O) groups excluding carboxylic acids is 4. The highest BCUT2D eigenvalue weighted by Crippen LogP contribution is 2.64. The summed E-state index contributed by atoms with van der Waals surface area (Å²) in [6.07, 6.45) is -5.02. The molecule has 0 bridgehead atoms. The molecule has 57 heavy (non-hydrogen) atoms. The number of hydrogen-bond donors (Lipinski definition) is 1. The second-order valence-electron chi connectivity index (χ2n) is 11.7. The summed E-state index contributed by atoms with van der Waals surface area (Å²) >= 11 is 0. The summed E-state index contributed by atoms with van der Waals surface area (Å²) in [6, 6.07) is 2.30. The number of anilines is 1. The van der Waals surface area contributed by atoms with E-state index in [1.165, 1.54) is 6.07 Å². The molecular formula is C29H23F17N6O5. The van der Waals surface area contributed by atoms with Crippen LogP contribution in [0.25, 0.3) is 10.4 Å². The maximum Gasteiger partial charge on any atom is 0.460 e. The minimum absolute atomic E-state index is 0.103. The number of hydrogen-bond acceptors (Lipinski definition) is 6. The number of carbonyl (C=O) groups is 4. The third kappa shape index (κ3) is 8.86. The van der Waals surface area contributed by atoms with Crippen molar-refractivity contribution in [2.24, 2.45) is 5.11 Å². The second-order valence-corrected chi connectivity index (χ2v) is 11.7. The third-order valence-corrected chi connectivity index (χ3v) is 7.79. The fourth-order valence-corrected chi connectivity index (χ4v) is 4.67. The lowest BCUT2D eigenvalue weighted by molar-refractivity contribution is -0.461. The third-order valence-electron chi connectivity index (χ3n) is 7.79. The number of ether oxygens (including phenoxy) is 1. The molecule has 318 valence electrons. The first-order valence-corrected chi connectivity index (χ1v) is 15.2. The molecule has 0 radical (unpaired) electrons. The van der Waals surface area contributed by atoms with Crippen LogP contribution in [0.5, 0.6) is 0 Å². The van der Waals surface area contributed by atoms with Crippen molar-refractivity contribution < 1.29 is 98.6 Å². The summed E-state index contributed by atoms with van der Waals surface area (Å²) in [4.78, 5) is 54.3. The van der Waals surface area contributed by atoms with Gasteiger partial charge in [-0.25, -0.2) is 9.69 Å². The maximum atomic E-state index is 14.2. The van der Waals surface area contributed by atoms with Crippen molar-refractivity contribution in [3.63, 3.8) is 0 Å². The Hall–Kier alpha value is -5.22. The molecule has 1 aliphatic rings. The molecule has 1 saturated heterocycles. The fourth-order valence-electron chi connectivity index (χ4n) is 4.67. The zero-order chi connectivity index (χ0) is 44.2. The van der Waals surface area contributed by atoms with Crippen molar-refractivity contribution in [2.75, 3.05) is 31.1 Å². The van der Waals surface area contributed by atoms with E-state index >= 15 is 0 Å². The van der Waals surface area contributed by atoms with Crippen molar-refractivity contribution in [3.8, 4) is 12.3 Å². The number of amides is 4. The molecule has 28 heteroatoms. The zero-order valence-corrected chi connectivity index (χ0v) is 27.8. The number of unbranched alkanes of at least 4 members (excludes halogenated alkanes) is 1. The maximum absolute atomic E-state index is 14.2. The van der Waals surface area contributed by atoms with E-state index in [1.54, 1.807) is 0 Å². The molecule has 4 amide bonds. The van der Waals surface area contributed by atoms with E-state index in [9.17, 15) is 93.8 Å². The highest BCUT2D eigenvalue weighted by atomic mass is 19.4. The van der Waals surface area contributed by atoms with E-state index in [4.69, 9.17) is 12.0 Å². The number of azide groups is 1. The van der Waals surface area contributed by atoms with Crippen LogP contribution in [-0.2, 0) is 14.3 Å². The van der Waals surface area contributed by atoms with E-state index in [1.807, 2.05) is 5.92 Å². The molecule has 1 aliphatic heterocycles. The highest BCUT2D eigenvalue weighted by molar-refractivity contribution is 6.21. The average Bonchev–Trinajstić information content (AvgIpc) is 3.38. The van der Waals surface area contributed by atoms with Crippen LogP contribution < -0.4 is 10.2 Å². The van der Waals surface area contributed by atoms with Gasteiger partial charge in [0.05, 0.1) is 25.3 Å². The normalized spacial score (nSPS) is 16.1. The monoisotopic (exact) mass is 858 g/mol. The number of esters is 1. The van der Waals surface area contributed by atoms with E-state index in [2.05, 4.69) is 20.1 Å². The topological polar surface area (TPSA) is 145 Å². The first-order chi connectivity index (χ1) is 25.8. The number of rotatable bonds is 19. The first-order valence-electron chi connectivity index (χ1n) is 15.2. The van der Waals surface area contributed by atoms with Crippen LogP contribution >= 0.6 is 0 Å². The molecule has 1 aromatic carbocycles. The Balaban J connectivity index is 2.20. The van der Waals surface area contributed by atoms with Gasteiger partial charge in [-0.1, -0.05) is 23.5 Å². The van der Waals surface area contributed by atoms with E-state index in [-0.39, 0.29) is 18.7 Å². The standard InChI is InChI=1S/C29H23F17N6O5/c1-2-11-51(19(54)15-6-5-7-16(13-15)52-20(55)17(49-21(52)56)8-3-4-10-48-50-47)14-18(53)57-12-9-22(30,31)23(32,33)24(34,35)25(36,37)26(38,39)27(40,41)28(42,43)29(44,45)46/h1,5-7,13,17H,3-4,8-12,14H2,(H,49,56)/t17-/m0/s1. The minimum atomic E-state index is -8.80. The lowest BCUT2D eigenvalue weighted by Gasteiger charge is -2.42. The van der Waals surface area contributed by atoms with Gasteiger partial charge in [0.2, 0.25) is 0 Å². The van der Waals surface area contributed by atoms with Crippen LogP contribution in [-0.4, -0.2) is 109 Å². The molecule has 2 rings (SSSR count). The van der Waals surface area contributed by atoms with Gasteiger partial charge in [0.15, 0.2) is 0 Å². The van der Waals surface area contributed by atoms with Crippen LogP contribution in [0.2, 0.25) is 0 Å². The van der Waals surface area contributed by atoms with Crippen LogP contribution in [0.4, 0.5) is 85.1 Å². The number of alkyl halides is 17. The summed E-state index contributed by atoms with van der Waals surface area (Å²) in [5.74, 6) is -59.9. The lowest BCUT2D eigenvalue weighted by Crippen LogP contribution is -2.74. The van der Waals surface area contributed by atoms with Gasteiger partial charge in [-0.05, 0) is 36.6 Å². The smallest absolute Gasteiger partial charge is 0.460 e. The molecule has 11 nitrogen and oxygen atoms in total. The number of benzene rings is 1. The van der Waals surface area contributed by atoms with Gasteiger partial charge in [-0.15, -0.1) is 6.42 Å². The number of terminal acetylenes is 1. The highest BCUT2D eigenvalue weighted by Gasteiger charge is 2.95. The van der Waals surface area contributed by atoms with E-state index < -0.39 is 109 Å². The molecular weight excluding hydrogens is 835 g/mol. The molecule has 0 spiro atoms. The average molecular weight is 859 g/mol. The Labute approximate surface area is 307 Å². The number of imide groups is 1. The number of halogens is 17. The van der Waals surface area contributed by atoms with Crippen molar-refractivity contribution in [1.29, 1.82) is 0 Å². The van der Waals surface area contributed by atoms with Gasteiger partial charge >= 0.3 is 59.6 Å². The van der Waals surface area contributed by atoms with Gasteiger partial charge in [-0.3, -0.25) is 14.4 Å². The summed E-state index contributed by atoms with van der Waals surface area (Å²) in [5.41, 5.74) is 7.65. The number of nitrogens with one attached hydrogen (secondary N) is 1. The van der Waals surface area contributed by atoms with Crippen molar-refractivity contribution in [1.82, 2.24) is 10.2 Å². The Morgan fingerprint density at radius 2 is 1.40 bits per heavy atom. The molecule has 1 aromatic rings. The number of nitrogens with zero attached hydrogens (tertiary/aromatic N) is 5. The Morgan fingerprint density at radius 1 is 0.860 bits per heavy atom. The Morgan fingerprint density at radius 3 is 1.93 bits per heavy atom. The molecule has 1 heterocycles. The molecule has 0 saturated carbocycles. The summed E-state index contributed by atoms with van der Waals surface area (Å²) < 4.78 is 233. The molecule has 1 N–H and O–H groups in total. The molecule has 0 aliphatic carbocycles. The van der Waals surface area contributed by atoms with Gasteiger partial charge in [-0.2, -0.15) is 74.6 Å². The van der Waals surface area contributed by atoms with Gasteiger partial charge in [0.1, 0.15) is 12.6 Å². The van der Waals surface area contributed by atoms with Crippen LogP contribution in [0.1, 0.15) is 36.0 Å². The van der Waals surface area contributed by atoms with Gasteiger partial charge in [0.25, 0.3) is 11.8 Å². The lowest BCUT2D eigenvalue weighted by atomic mass is 9.88. The zero-order valence-electron chi connectivity index (χ0n) is 27.8. The summed E-state index contributed by atoms with van der Waals surface area (Å²) in [7, 11) is 0. The van der Waals surface area contributed by atoms with Crippen molar-refractivity contribution in [3.05, 3.63) is 40.3 Å². The predicted molar refractivity (Wildman–Crippen MR) is 155 cm³/mol. The first kappa shape index (κ1) is 47.9. The minimum Gasteiger partial charge on any atom is -0.464 e.